The van der Waals surface area contributed by atoms with E-state index in [2.05, 4.69) is 4.90 Å². The molecule has 1 aliphatic heterocycles. The number of nitrogens with zero attached hydrogens (tertiary/aromatic N) is 1. The third kappa shape index (κ3) is 2.71. The molecule has 0 aromatic heterocycles. The molecule has 0 spiro atoms. The molecular formula is C14H16F3NO. The maximum atomic E-state index is 13.0. The summed E-state index contributed by atoms with van der Waals surface area (Å²) in [4.78, 5) is 2.24. The van der Waals surface area contributed by atoms with Gasteiger partial charge in [-0.25, -0.2) is 8.78 Å². The quantitative estimate of drug-likeness (QED) is 0.835. The molecule has 1 aliphatic carbocycles. The van der Waals surface area contributed by atoms with E-state index in [9.17, 15) is 13.2 Å². The summed E-state index contributed by atoms with van der Waals surface area (Å²) in [6.45, 7) is 1.27. The fourth-order valence-corrected chi connectivity index (χ4v) is 2.76. The highest BCUT2D eigenvalue weighted by atomic mass is 19.1. The van der Waals surface area contributed by atoms with Crippen molar-refractivity contribution in [3.05, 3.63) is 29.8 Å². The lowest BCUT2D eigenvalue weighted by Crippen LogP contribution is -2.60. The van der Waals surface area contributed by atoms with E-state index in [1.807, 2.05) is 0 Å². The molecule has 2 nitrogen and oxygen atoms in total. The molecule has 0 atom stereocenters. The van der Waals surface area contributed by atoms with Gasteiger partial charge in [0.1, 0.15) is 23.5 Å². The molecule has 104 valence electrons. The first-order chi connectivity index (χ1) is 9.14. The van der Waals surface area contributed by atoms with Crippen LogP contribution in [-0.2, 0) is 0 Å². The molecule has 1 aromatic carbocycles. The first-order valence-electron chi connectivity index (χ1n) is 6.57. The molecular weight excluding hydrogens is 255 g/mol. The Hall–Kier alpha value is -1.23. The van der Waals surface area contributed by atoms with E-state index in [0.29, 0.717) is 6.04 Å². The van der Waals surface area contributed by atoms with Crippen molar-refractivity contribution in [2.75, 3.05) is 19.8 Å². The molecule has 2 aliphatic rings. The summed E-state index contributed by atoms with van der Waals surface area (Å²) in [6, 6.07) is 3.67. The Labute approximate surface area is 110 Å². The molecule has 0 amide bonds. The van der Waals surface area contributed by atoms with E-state index in [-0.39, 0.29) is 24.4 Å². The highest BCUT2D eigenvalue weighted by molar-refractivity contribution is 5.24. The Balaban J connectivity index is 1.46. The first-order valence-corrected chi connectivity index (χ1v) is 6.57. The summed E-state index contributed by atoms with van der Waals surface area (Å²) >= 11 is 0. The molecule has 1 heterocycles. The lowest BCUT2D eigenvalue weighted by molar-refractivity contribution is -0.0501. The Morgan fingerprint density at radius 1 is 1.11 bits per heavy atom. The van der Waals surface area contributed by atoms with Crippen molar-refractivity contribution < 1.29 is 17.9 Å². The van der Waals surface area contributed by atoms with Gasteiger partial charge >= 0.3 is 0 Å². The molecule has 0 bridgehead atoms. The second-order valence-electron chi connectivity index (χ2n) is 5.44. The standard InChI is InChI=1S/C14H16F3NO/c15-6-9-1-12(2-9)18-7-14(8-18)19-13-4-10(16)3-11(17)5-13/h3-5,9,12,14H,1-2,6-8H2. The van der Waals surface area contributed by atoms with Crippen LogP contribution in [0.25, 0.3) is 0 Å². The Morgan fingerprint density at radius 2 is 1.74 bits per heavy atom. The summed E-state index contributed by atoms with van der Waals surface area (Å²) in [6.07, 6.45) is 1.81. The summed E-state index contributed by atoms with van der Waals surface area (Å²) in [5.74, 6) is -0.799. The van der Waals surface area contributed by atoms with Crippen LogP contribution in [-0.4, -0.2) is 36.8 Å². The highest BCUT2D eigenvalue weighted by Gasteiger charge is 2.40. The Bertz CT molecular complexity index is 436. The van der Waals surface area contributed by atoms with Crippen LogP contribution in [0, 0.1) is 17.6 Å². The van der Waals surface area contributed by atoms with Crippen molar-refractivity contribution in [3.8, 4) is 5.75 Å². The molecule has 1 saturated carbocycles. The zero-order chi connectivity index (χ0) is 13.4. The normalized spacial score (nSPS) is 27.7. The van der Waals surface area contributed by atoms with Crippen molar-refractivity contribution in [2.45, 2.75) is 25.0 Å². The van der Waals surface area contributed by atoms with E-state index in [1.54, 1.807) is 0 Å². The lowest BCUT2D eigenvalue weighted by atomic mass is 9.79. The number of benzene rings is 1. The SMILES string of the molecule is FCC1CC(N2CC(Oc3cc(F)cc(F)c3)C2)C1. The number of halogens is 3. The number of ether oxygens (including phenoxy) is 1. The number of hydrogen-bond donors (Lipinski definition) is 0. The van der Waals surface area contributed by atoms with Crippen molar-refractivity contribution in [1.82, 2.24) is 4.90 Å². The zero-order valence-corrected chi connectivity index (χ0v) is 10.5. The molecule has 1 saturated heterocycles. The third-order valence-electron chi connectivity index (χ3n) is 3.96. The van der Waals surface area contributed by atoms with Gasteiger partial charge in [-0.2, -0.15) is 0 Å². The minimum Gasteiger partial charge on any atom is -0.488 e. The van der Waals surface area contributed by atoms with Crippen LogP contribution in [0.5, 0.6) is 5.75 Å². The van der Waals surface area contributed by atoms with Crippen LogP contribution in [0.4, 0.5) is 13.2 Å². The summed E-state index contributed by atoms with van der Waals surface area (Å²) in [5, 5.41) is 0. The van der Waals surface area contributed by atoms with Crippen LogP contribution in [0.1, 0.15) is 12.8 Å². The summed E-state index contributed by atoms with van der Waals surface area (Å²) in [7, 11) is 0. The molecule has 3 rings (SSSR count). The monoisotopic (exact) mass is 271 g/mol. The lowest BCUT2D eigenvalue weighted by Gasteiger charge is -2.49. The van der Waals surface area contributed by atoms with E-state index in [0.717, 1.165) is 32.0 Å². The number of likely N-dealkylation sites (tertiary alicyclic amines) is 1. The smallest absolute Gasteiger partial charge is 0.129 e. The van der Waals surface area contributed by atoms with Crippen LogP contribution in [0.2, 0.25) is 0 Å². The zero-order valence-electron chi connectivity index (χ0n) is 10.5. The van der Waals surface area contributed by atoms with Crippen LogP contribution >= 0.6 is 0 Å². The van der Waals surface area contributed by atoms with Gasteiger partial charge < -0.3 is 4.74 Å². The number of alkyl halides is 1. The highest BCUT2D eigenvalue weighted by Crippen LogP contribution is 2.35. The van der Waals surface area contributed by atoms with Crippen LogP contribution in [0.15, 0.2) is 18.2 Å². The van der Waals surface area contributed by atoms with Gasteiger partial charge in [0.15, 0.2) is 0 Å². The van der Waals surface area contributed by atoms with Gasteiger partial charge in [0, 0.05) is 37.3 Å². The Morgan fingerprint density at radius 3 is 2.32 bits per heavy atom. The number of hydrogen-bond acceptors (Lipinski definition) is 2. The average molecular weight is 271 g/mol. The van der Waals surface area contributed by atoms with Crippen molar-refractivity contribution in [3.63, 3.8) is 0 Å². The van der Waals surface area contributed by atoms with Crippen LogP contribution < -0.4 is 4.74 Å². The summed E-state index contributed by atoms with van der Waals surface area (Å²) < 4.78 is 43.8. The van der Waals surface area contributed by atoms with E-state index in [4.69, 9.17) is 4.74 Å². The van der Waals surface area contributed by atoms with E-state index in [1.165, 1.54) is 12.1 Å². The maximum Gasteiger partial charge on any atom is 0.129 e. The van der Waals surface area contributed by atoms with Gasteiger partial charge in [0.05, 0.1) is 6.67 Å². The van der Waals surface area contributed by atoms with Gasteiger partial charge in [-0.3, -0.25) is 9.29 Å². The number of rotatable bonds is 4. The second kappa shape index (κ2) is 5.04. The maximum absolute atomic E-state index is 13.0. The predicted octanol–water partition coefficient (Wildman–Crippen LogP) is 2.78. The van der Waals surface area contributed by atoms with Gasteiger partial charge in [-0.05, 0) is 18.8 Å². The van der Waals surface area contributed by atoms with Gasteiger partial charge in [-0.15, -0.1) is 0 Å². The largest absolute Gasteiger partial charge is 0.488 e. The van der Waals surface area contributed by atoms with Crippen LogP contribution in [0.3, 0.4) is 0 Å². The minimum absolute atomic E-state index is 0.0226. The van der Waals surface area contributed by atoms with Crippen molar-refractivity contribution in [1.29, 1.82) is 0 Å². The van der Waals surface area contributed by atoms with Gasteiger partial charge in [-0.1, -0.05) is 0 Å². The molecule has 0 radical (unpaired) electrons. The predicted molar refractivity (Wildman–Crippen MR) is 64.8 cm³/mol. The van der Waals surface area contributed by atoms with Crippen molar-refractivity contribution >= 4 is 0 Å². The van der Waals surface area contributed by atoms with Crippen molar-refractivity contribution in [2.24, 2.45) is 5.92 Å². The molecule has 2 fully saturated rings. The fourth-order valence-electron chi connectivity index (χ4n) is 2.76. The van der Waals surface area contributed by atoms with E-state index >= 15 is 0 Å². The van der Waals surface area contributed by atoms with E-state index < -0.39 is 11.6 Å². The third-order valence-corrected chi connectivity index (χ3v) is 3.96. The average Bonchev–Trinajstić information content (AvgIpc) is 2.22. The topological polar surface area (TPSA) is 12.5 Å². The fraction of sp³-hybridized carbons (Fsp3) is 0.571. The molecule has 5 heteroatoms. The second-order valence-corrected chi connectivity index (χ2v) is 5.44. The molecule has 19 heavy (non-hydrogen) atoms. The minimum atomic E-state index is -0.629. The first kappa shape index (κ1) is 12.8. The van der Waals surface area contributed by atoms with Gasteiger partial charge in [0.2, 0.25) is 0 Å². The Kier molecular flexibility index (Phi) is 3.39. The summed E-state index contributed by atoms with van der Waals surface area (Å²) in [5.41, 5.74) is 0. The van der Waals surface area contributed by atoms with Gasteiger partial charge in [0.25, 0.3) is 0 Å². The molecule has 0 unspecified atom stereocenters. The molecule has 0 N–H and O–H groups in total. The molecule has 1 aromatic rings.